The average molecular weight is 506 g/mol. The molecule has 1 aliphatic rings. The molecular weight excluding hydrogens is 481 g/mol. The van der Waals surface area contributed by atoms with E-state index in [1.54, 1.807) is 18.2 Å². The fourth-order valence-corrected chi connectivity index (χ4v) is 4.49. The summed E-state index contributed by atoms with van der Waals surface area (Å²) in [4.78, 5) is 56.9. The van der Waals surface area contributed by atoms with Gasteiger partial charge in [-0.3, -0.25) is 23.5 Å². The molecule has 5 rings (SSSR count). The summed E-state index contributed by atoms with van der Waals surface area (Å²) < 4.78 is 16.6. The van der Waals surface area contributed by atoms with Crippen molar-refractivity contribution in [2.45, 2.75) is 32.9 Å². The predicted octanol–water partition coefficient (Wildman–Crippen LogP) is 2.34. The normalized spacial score (nSPS) is 16.6. The molecule has 0 saturated heterocycles. The summed E-state index contributed by atoms with van der Waals surface area (Å²) in [6.45, 7) is 1.23. The number of benzene rings is 2. The van der Waals surface area contributed by atoms with Crippen molar-refractivity contribution in [2.75, 3.05) is 5.32 Å². The number of aromatic nitrogens is 4. The van der Waals surface area contributed by atoms with Crippen molar-refractivity contribution < 1.29 is 19.1 Å². The summed E-state index contributed by atoms with van der Waals surface area (Å²) in [6, 6.07) is 13.0. The number of amides is 1. The first-order valence-corrected chi connectivity index (χ1v) is 11.8. The lowest BCUT2D eigenvalue weighted by molar-refractivity contribution is -0.138. The second-order valence-corrected chi connectivity index (χ2v) is 9.25. The number of carboxylic acids is 1. The second kappa shape index (κ2) is 9.49. The van der Waals surface area contributed by atoms with Gasteiger partial charge in [0.15, 0.2) is 5.65 Å². The van der Waals surface area contributed by atoms with Gasteiger partial charge in [0.05, 0.1) is 12.5 Å². The number of hydrogen-bond acceptors (Lipinski definition) is 5. The number of nitrogens with zero attached hydrogens (tertiary/aromatic N) is 3. The number of anilines is 1. The van der Waals surface area contributed by atoms with Crippen molar-refractivity contribution in [3.05, 3.63) is 92.1 Å². The Morgan fingerprint density at radius 1 is 1.14 bits per heavy atom. The fraction of sp³-hybridized carbons (Fsp3) is 0.269. The molecule has 4 aromatic rings. The number of H-pyrrole nitrogens is 1. The van der Waals surface area contributed by atoms with Crippen molar-refractivity contribution >= 4 is 28.7 Å². The molecule has 10 nitrogen and oxygen atoms in total. The van der Waals surface area contributed by atoms with Crippen LogP contribution in [-0.2, 0) is 29.1 Å². The molecule has 3 N–H and O–H groups in total. The van der Waals surface area contributed by atoms with Crippen molar-refractivity contribution in [2.24, 2.45) is 11.8 Å². The van der Waals surface area contributed by atoms with E-state index in [-0.39, 0.29) is 41.6 Å². The maximum Gasteiger partial charge on any atom is 0.333 e. The number of fused-ring (bicyclic) bond motifs is 1. The van der Waals surface area contributed by atoms with Gasteiger partial charge in [0.25, 0.3) is 5.56 Å². The molecular formula is C26H24FN5O5. The Bertz CT molecular complexity index is 1640. The van der Waals surface area contributed by atoms with Crippen LogP contribution >= 0.6 is 0 Å². The third-order valence-corrected chi connectivity index (χ3v) is 6.50. The van der Waals surface area contributed by atoms with Gasteiger partial charge in [-0.05, 0) is 36.1 Å². The molecule has 0 aliphatic heterocycles. The minimum absolute atomic E-state index is 0.0829. The summed E-state index contributed by atoms with van der Waals surface area (Å²) in [7, 11) is 0. The molecule has 2 aromatic carbocycles. The lowest BCUT2D eigenvalue weighted by Gasteiger charge is -2.11. The number of aromatic amines is 1. The quantitative estimate of drug-likeness (QED) is 0.336. The number of aliphatic carboxylic acids is 1. The molecule has 0 radical (unpaired) electrons. The number of nitrogens with one attached hydrogen (secondary N) is 2. The Labute approximate surface area is 209 Å². The predicted molar refractivity (Wildman–Crippen MR) is 133 cm³/mol. The molecule has 2 unspecified atom stereocenters. The van der Waals surface area contributed by atoms with Gasteiger partial charge in [-0.25, -0.2) is 14.2 Å². The first kappa shape index (κ1) is 24.2. The van der Waals surface area contributed by atoms with Crippen LogP contribution in [-0.4, -0.2) is 36.1 Å². The Morgan fingerprint density at radius 2 is 1.86 bits per heavy atom. The van der Waals surface area contributed by atoms with Crippen LogP contribution < -0.4 is 16.6 Å². The molecule has 2 aromatic heterocycles. The Morgan fingerprint density at radius 3 is 2.51 bits per heavy atom. The second-order valence-electron chi connectivity index (χ2n) is 9.25. The van der Waals surface area contributed by atoms with Crippen LogP contribution in [0.3, 0.4) is 0 Å². The highest BCUT2D eigenvalue weighted by molar-refractivity contribution is 5.88. The molecule has 11 heteroatoms. The van der Waals surface area contributed by atoms with E-state index in [4.69, 9.17) is 0 Å². The minimum atomic E-state index is -0.931. The van der Waals surface area contributed by atoms with Crippen LogP contribution in [0.1, 0.15) is 30.3 Å². The minimum Gasteiger partial charge on any atom is -0.481 e. The van der Waals surface area contributed by atoms with Crippen LogP contribution in [0.4, 0.5) is 10.1 Å². The highest BCUT2D eigenvalue weighted by atomic mass is 19.1. The van der Waals surface area contributed by atoms with E-state index in [0.717, 1.165) is 10.1 Å². The summed E-state index contributed by atoms with van der Waals surface area (Å²) in [6.07, 6.45) is 0.741. The van der Waals surface area contributed by atoms with Crippen LogP contribution in [0.5, 0.6) is 0 Å². The Balaban J connectivity index is 1.55. The van der Waals surface area contributed by atoms with Gasteiger partial charge < -0.3 is 15.4 Å². The van der Waals surface area contributed by atoms with Crippen LogP contribution in [0.15, 0.2) is 58.1 Å². The van der Waals surface area contributed by atoms with Crippen molar-refractivity contribution in [3.63, 3.8) is 0 Å². The van der Waals surface area contributed by atoms with Crippen molar-refractivity contribution in [1.82, 2.24) is 19.1 Å². The standard InChI is InChI=1S/C26H24FN5O5/c1-14(33)28-18-8-6-15(7-9-18)10-21-29-22-23(30-21)31(13-17-11-19(17)25(35)36)26(37)32(24(22)34)12-16-4-2-3-5-20(16)27/h2-9,17,19H,10-13H2,1H3,(H,28,33)(H,29,30)(H,35,36). The molecule has 1 fully saturated rings. The van der Waals surface area contributed by atoms with E-state index >= 15 is 0 Å². The molecule has 0 spiro atoms. The number of halogens is 1. The molecule has 0 bridgehead atoms. The molecule has 1 amide bonds. The molecule has 190 valence electrons. The van der Waals surface area contributed by atoms with Crippen LogP contribution in [0, 0.1) is 17.7 Å². The smallest absolute Gasteiger partial charge is 0.333 e. The van der Waals surface area contributed by atoms with E-state index < -0.39 is 29.0 Å². The zero-order chi connectivity index (χ0) is 26.3. The molecule has 1 aliphatic carbocycles. The van der Waals surface area contributed by atoms with Gasteiger partial charge in [0.1, 0.15) is 17.2 Å². The first-order chi connectivity index (χ1) is 17.7. The van der Waals surface area contributed by atoms with E-state index in [1.807, 2.05) is 12.1 Å². The highest BCUT2D eigenvalue weighted by Gasteiger charge is 2.43. The maximum absolute atomic E-state index is 14.3. The number of carbonyl (C=O) groups is 2. The topological polar surface area (TPSA) is 139 Å². The molecule has 1 saturated carbocycles. The largest absolute Gasteiger partial charge is 0.481 e. The Kier molecular flexibility index (Phi) is 6.20. The third-order valence-electron chi connectivity index (χ3n) is 6.50. The van der Waals surface area contributed by atoms with E-state index in [0.29, 0.717) is 24.4 Å². The van der Waals surface area contributed by atoms with Gasteiger partial charge in [-0.1, -0.05) is 30.3 Å². The zero-order valence-corrected chi connectivity index (χ0v) is 19.9. The van der Waals surface area contributed by atoms with Crippen LogP contribution in [0.25, 0.3) is 11.2 Å². The maximum atomic E-state index is 14.3. The van der Waals surface area contributed by atoms with E-state index in [1.165, 1.54) is 29.7 Å². The SMILES string of the molecule is CC(=O)Nc1ccc(Cc2nc3c([nH]2)c(=O)n(Cc2ccccc2F)c(=O)n3CC2CC2C(=O)O)cc1. The first-order valence-electron chi connectivity index (χ1n) is 11.8. The van der Waals surface area contributed by atoms with E-state index in [2.05, 4.69) is 15.3 Å². The number of carbonyl (C=O) groups excluding carboxylic acids is 1. The van der Waals surface area contributed by atoms with Gasteiger partial charge >= 0.3 is 11.7 Å². The summed E-state index contributed by atoms with van der Waals surface area (Å²) >= 11 is 0. The number of hydrogen-bond donors (Lipinski definition) is 3. The molecule has 37 heavy (non-hydrogen) atoms. The molecule has 2 heterocycles. The number of rotatable bonds is 8. The Hall–Kier alpha value is -4.54. The van der Waals surface area contributed by atoms with E-state index in [9.17, 15) is 28.7 Å². The lowest BCUT2D eigenvalue weighted by atomic mass is 10.1. The average Bonchev–Trinajstić information content (AvgIpc) is 3.52. The van der Waals surface area contributed by atoms with Crippen molar-refractivity contribution in [1.29, 1.82) is 0 Å². The summed E-state index contributed by atoms with van der Waals surface area (Å²) in [5.74, 6) is -2.05. The number of imidazole rings is 1. The molecule has 2 atom stereocenters. The lowest BCUT2D eigenvalue weighted by Crippen LogP contribution is -2.41. The highest BCUT2D eigenvalue weighted by Crippen LogP contribution is 2.39. The van der Waals surface area contributed by atoms with Crippen LogP contribution in [0.2, 0.25) is 0 Å². The van der Waals surface area contributed by atoms with Gasteiger partial charge in [-0.15, -0.1) is 0 Å². The van der Waals surface area contributed by atoms with Gasteiger partial charge in [-0.2, -0.15) is 0 Å². The third kappa shape index (κ3) is 4.92. The fourth-order valence-electron chi connectivity index (χ4n) is 4.49. The van der Waals surface area contributed by atoms with Gasteiger partial charge in [0.2, 0.25) is 5.91 Å². The summed E-state index contributed by atoms with van der Waals surface area (Å²) in [5.41, 5.74) is 0.597. The summed E-state index contributed by atoms with van der Waals surface area (Å²) in [5, 5.41) is 12.0. The van der Waals surface area contributed by atoms with Gasteiger partial charge in [0, 0.05) is 31.1 Å². The monoisotopic (exact) mass is 505 g/mol. The van der Waals surface area contributed by atoms with Crippen molar-refractivity contribution in [3.8, 4) is 0 Å². The zero-order valence-electron chi connectivity index (χ0n) is 19.9. The number of carboxylic acid groups (broad SMARTS) is 1.